The lowest BCUT2D eigenvalue weighted by Gasteiger charge is -2.09. The van der Waals surface area contributed by atoms with Crippen molar-refractivity contribution in [2.45, 2.75) is 33.8 Å². The molecule has 0 aromatic carbocycles. The van der Waals surface area contributed by atoms with Crippen LogP contribution in [0.15, 0.2) is 6.33 Å². The van der Waals surface area contributed by atoms with Gasteiger partial charge in [0.25, 0.3) is 0 Å². The van der Waals surface area contributed by atoms with Gasteiger partial charge in [0.05, 0.1) is 18.1 Å². The van der Waals surface area contributed by atoms with Crippen LogP contribution in [0.1, 0.15) is 24.3 Å². The van der Waals surface area contributed by atoms with Gasteiger partial charge in [-0.15, -0.1) is 11.3 Å². The van der Waals surface area contributed by atoms with Crippen LogP contribution in [0.3, 0.4) is 0 Å². The molecule has 0 aliphatic heterocycles. The number of anilines is 1. The third-order valence-electron chi connectivity index (χ3n) is 2.81. The largest absolute Gasteiger partial charge is 0.377 e. The lowest BCUT2D eigenvalue weighted by molar-refractivity contribution is 0.0870. The zero-order chi connectivity index (χ0) is 13.1. The van der Waals surface area contributed by atoms with Gasteiger partial charge in [-0.25, -0.2) is 9.97 Å². The van der Waals surface area contributed by atoms with Gasteiger partial charge >= 0.3 is 0 Å². The fourth-order valence-electron chi connectivity index (χ4n) is 1.78. The Bertz CT molecular complexity index is 536. The number of nitrogens with one attached hydrogen (secondary N) is 1. The Kier molecular flexibility index (Phi) is 4.14. The fourth-order valence-corrected chi connectivity index (χ4v) is 2.78. The summed E-state index contributed by atoms with van der Waals surface area (Å²) in [7, 11) is 0. The molecule has 2 aromatic heterocycles. The molecule has 4 nitrogen and oxygen atoms in total. The standard InChI is InChI=1S/C13H19N3OS/c1-8(2)17-6-5-14-12-11-9(3)10(4)18-13(11)16-7-15-12/h7-8H,5-6H2,1-4H3,(H,14,15,16). The van der Waals surface area contributed by atoms with Crippen molar-refractivity contribution in [3.05, 3.63) is 16.8 Å². The Morgan fingerprint density at radius 1 is 1.33 bits per heavy atom. The van der Waals surface area contributed by atoms with Crippen molar-refractivity contribution in [3.8, 4) is 0 Å². The predicted molar refractivity (Wildman–Crippen MR) is 76.5 cm³/mol. The molecule has 2 heterocycles. The molecule has 5 heteroatoms. The highest BCUT2D eigenvalue weighted by molar-refractivity contribution is 7.18. The molecule has 1 N–H and O–H groups in total. The smallest absolute Gasteiger partial charge is 0.138 e. The molecule has 0 saturated heterocycles. The van der Waals surface area contributed by atoms with Crippen LogP contribution in [0.4, 0.5) is 5.82 Å². The molecular weight excluding hydrogens is 246 g/mol. The summed E-state index contributed by atoms with van der Waals surface area (Å²) in [5, 5.41) is 4.47. The lowest BCUT2D eigenvalue weighted by Crippen LogP contribution is -2.14. The van der Waals surface area contributed by atoms with Gasteiger partial charge in [-0.1, -0.05) is 0 Å². The molecule has 0 amide bonds. The van der Waals surface area contributed by atoms with Crippen LogP contribution in [0.2, 0.25) is 0 Å². The molecule has 0 spiro atoms. The van der Waals surface area contributed by atoms with E-state index in [0.29, 0.717) is 6.61 Å². The van der Waals surface area contributed by atoms with Crippen LogP contribution in [0.5, 0.6) is 0 Å². The van der Waals surface area contributed by atoms with E-state index < -0.39 is 0 Å². The third-order valence-corrected chi connectivity index (χ3v) is 3.93. The minimum atomic E-state index is 0.266. The second kappa shape index (κ2) is 5.63. The molecule has 2 aromatic rings. The van der Waals surface area contributed by atoms with Crippen LogP contribution in [-0.4, -0.2) is 29.2 Å². The van der Waals surface area contributed by atoms with E-state index in [2.05, 4.69) is 29.1 Å². The quantitative estimate of drug-likeness (QED) is 0.844. The Morgan fingerprint density at radius 2 is 2.11 bits per heavy atom. The molecule has 0 aliphatic carbocycles. The molecule has 0 unspecified atom stereocenters. The van der Waals surface area contributed by atoms with E-state index >= 15 is 0 Å². The monoisotopic (exact) mass is 265 g/mol. The van der Waals surface area contributed by atoms with E-state index in [-0.39, 0.29) is 6.10 Å². The zero-order valence-corrected chi connectivity index (χ0v) is 12.1. The van der Waals surface area contributed by atoms with Crippen molar-refractivity contribution < 1.29 is 4.74 Å². The van der Waals surface area contributed by atoms with Crippen molar-refractivity contribution in [3.63, 3.8) is 0 Å². The van der Waals surface area contributed by atoms with Gasteiger partial charge in [-0.05, 0) is 33.3 Å². The molecule has 98 valence electrons. The number of rotatable bonds is 5. The normalized spacial score (nSPS) is 11.4. The first-order chi connectivity index (χ1) is 8.59. The number of hydrogen-bond acceptors (Lipinski definition) is 5. The van der Waals surface area contributed by atoms with Crippen LogP contribution in [0, 0.1) is 13.8 Å². The summed E-state index contributed by atoms with van der Waals surface area (Å²) >= 11 is 1.71. The number of ether oxygens (including phenoxy) is 1. The fraction of sp³-hybridized carbons (Fsp3) is 0.538. The number of aryl methyl sites for hydroxylation is 2. The summed E-state index contributed by atoms with van der Waals surface area (Å²) in [5.74, 6) is 0.911. The van der Waals surface area contributed by atoms with Gasteiger partial charge in [0.2, 0.25) is 0 Å². The van der Waals surface area contributed by atoms with Gasteiger partial charge in [0.15, 0.2) is 0 Å². The number of aromatic nitrogens is 2. The highest BCUT2D eigenvalue weighted by atomic mass is 32.1. The van der Waals surface area contributed by atoms with Crippen molar-refractivity contribution in [1.82, 2.24) is 9.97 Å². The number of nitrogens with zero attached hydrogens (tertiary/aromatic N) is 2. The van der Waals surface area contributed by atoms with Crippen molar-refractivity contribution >= 4 is 27.4 Å². The van der Waals surface area contributed by atoms with Crippen molar-refractivity contribution in [2.75, 3.05) is 18.5 Å². The number of fused-ring (bicyclic) bond motifs is 1. The minimum Gasteiger partial charge on any atom is -0.377 e. The Balaban J connectivity index is 2.13. The highest BCUT2D eigenvalue weighted by Crippen LogP contribution is 2.32. The first kappa shape index (κ1) is 13.2. The van der Waals surface area contributed by atoms with Crippen molar-refractivity contribution in [1.29, 1.82) is 0 Å². The van der Waals surface area contributed by atoms with Gasteiger partial charge in [-0.3, -0.25) is 0 Å². The minimum absolute atomic E-state index is 0.266. The Morgan fingerprint density at radius 3 is 2.83 bits per heavy atom. The van der Waals surface area contributed by atoms with Crippen LogP contribution in [0.25, 0.3) is 10.2 Å². The number of hydrogen-bond donors (Lipinski definition) is 1. The molecule has 0 fully saturated rings. The van der Waals surface area contributed by atoms with E-state index in [9.17, 15) is 0 Å². The average molecular weight is 265 g/mol. The highest BCUT2D eigenvalue weighted by Gasteiger charge is 2.11. The van der Waals surface area contributed by atoms with Gasteiger partial charge < -0.3 is 10.1 Å². The molecule has 2 rings (SSSR count). The molecule has 0 radical (unpaired) electrons. The molecule has 18 heavy (non-hydrogen) atoms. The third kappa shape index (κ3) is 2.79. The van der Waals surface area contributed by atoms with Gasteiger partial charge in [-0.2, -0.15) is 0 Å². The van der Waals surface area contributed by atoms with Gasteiger partial charge in [0.1, 0.15) is 17.0 Å². The van der Waals surface area contributed by atoms with E-state index in [0.717, 1.165) is 22.6 Å². The van der Waals surface area contributed by atoms with E-state index in [1.807, 2.05) is 13.8 Å². The topological polar surface area (TPSA) is 47.0 Å². The second-order valence-corrected chi connectivity index (χ2v) is 5.74. The lowest BCUT2D eigenvalue weighted by atomic mass is 10.2. The SMILES string of the molecule is Cc1sc2ncnc(NCCOC(C)C)c2c1C. The predicted octanol–water partition coefficient (Wildman–Crippen LogP) is 3.15. The maximum Gasteiger partial charge on any atom is 0.138 e. The summed E-state index contributed by atoms with van der Waals surface area (Å²) in [6.07, 6.45) is 1.88. The van der Waals surface area contributed by atoms with Crippen LogP contribution >= 0.6 is 11.3 Å². The maximum absolute atomic E-state index is 5.51. The van der Waals surface area contributed by atoms with Crippen LogP contribution < -0.4 is 5.32 Å². The summed E-state index contributed by atoms with van der Waals surface area (Å²) in [4.78, 5) is 11.0. The summed E-state index contributed by atoms with van der Waals surface area (Å²) in [6.45, 7) is 9.76. The van der Waals surface area contributed by atoms with Crippen LogP contribution in [-0.2, 0) is 4.74 Å². The molecule has 0 saturated carbocycles. The second-order valence-electron chi connectivity index (χ2n) is 4.53. The van der Waals surface area contributed by atoms with E-state index in [4.69, 9.17) is 4.74 Å². The first-order valence-corrected chi connectivity index (χ1v) is 6.97. The van der Waals surface area contributed by atoms with Gasteiger partial charge in [0, 0.05) is 11.4 Å². The zero-order valence-electron chi connectivity index (χ0n) is 11.3. The summed E-state index contributed by atoms with van der Waals surface area (Å²) in [5.41, 5.74) is 1.27. The van der Waals surface area contributed by atoms with Crippen molar-refractivity contribution in [2.24, 2.45) is 0 Å². The molecule has 0 bridgehead atoms. The Labute approximate surface area is 111 Å². The molecule has 0 aliphatic rings. The summed E-state index contributed by atoms with van der Waals surface area (Å²) < 4.78 is 5.51. The van der Waals surface area contributed by atoms with E-state index in [1.54, 1.807) is 17.7 Å². The molecular formula is C13H19N3OS. The molecule has 0 atom stereocenters. The Hall–Kier alpha value is -1.20. The van der Waals surface area contributed by atoms with E-state index in [1.165, 1.54) is 10.4 Å². The number of thiophene rings is 1. The first-order valence-electron chi connectivity index (χ1n) is 6.15. The average Bonchev–Trinajstić information content (AvgIpc) is 2.61. The maximum atomic E-state index is 5.51. The summed E-state index contributed by atoms with van der Waals surface area (Å²) in [6, 6.07) is 0.